The third kappa shape index (κ3) is 6.03. The summed E-state index contributed by atoms with van der Waals surface area (Å²) in [5.41, 5.74) is 2.71. The molecular formula is C28H24Cl3N5O2. The molecule has 6 rings (SSSR count). The number of nitrogens with zero attached hydrogens (tertiary/aromatic N) is 5. The number of hydroxylamine groups is 2. The zero-order valence-corrected chi connectivity index (χ0v) is 22.6. The number of hydrogen-bond donors (Lipinski definition) is 1. The van der Waals surface area contributed by atoms with E-state index in [0.29, 0.717) is 22.1 Å². The third-order valence-corrected chi connectivity index (χ3v) is 5.99. The van der Waals surface area contributed by atoms with Gasteiger partial charge in [0.2, 0.25) is 0 Å². The molecule has 0 saturated carbocycles. The topological polar surface area (TPSA) is 82.6 Å². The van der Waals surface area contributed by atoms with E-state index in [1.807, 2.05) is 85.2 Å². The van der Waals surface area contributed by atoms with Gasteiger partial charge in [-0.3, -0.25) is 15.0 Å². The lowest BCUT2D eigenvalue weighted by molar-refractivity contribution is -0.0119. The van der Waals surface area contributed by atoms with E-state index in [-0.39, 0.29) is 36.9 Å². The van der Waals surface area contributed by atoms with E-state index in [2.05, 4.69) is 15.0 Å². The van der Waals surface area contributed by atoms with E-state index in [4.69, 9.17) is 11.6 Å². The minimum absolute atomic E-state index is 0. The number of amidine groups is 1. The maximum absolute atomic E-state index is 11.7. The number of fused-ring (bicyclic) bond motifs is 3. The van der Waals surface area contributed by atoms with Crippen molar-refractivity contribution < 1.29 is 5.21 Å². The van der Waals surface area contributed by atoms with E-state index in [9.17, 15) is 10.0 Å². The van der Waals surface area contributed by atoms with Crippen LogP contribution >= 0.6 is 36.4 Å². The van der Waals surface area contributed by atoms with Gasteiger partial charge in [0.1, 0.15) is 17.9 Å². The van der Waals surface area contributed by atoms with E-state index in [1.165, 1.54) is 5.06 Å². The van der Waals surface area contributed by atoms with Crippen LogP contribution in [0.3, 0.4) is 0 Å². The van der Waals surface area contributed by atoms with Crippen LogP contribution in [0.2, 0.25) is 5.02 Å². The molecule has 1 aliphatic rings. The Balaban J connectivity index is 0.000000209. The molecule has 0 fully saturated rings. The SMILES string of the molecule is CN=C1CN(O)C(c2ccccc2)=c2cc(Cl)ccc2=N1.Cl.Cl.O=c1nc2ccccc2cn2cccc12. The summed E-state index contributed by atoms with van der Waals surface area (Å²) in [5.74, 6) is 0.562. The Bertz CT molecular complexity index is 1790. The first-order valence-corrected chi connectivity index (χ1v) is 11.6. The molecule has 0 spiro atoms. The van der Waals surface area contributed by atoms with Gasteiger partial charge in [-0.05, 0) is 36.4 Å². The summed E-state index contributed by atoms with van der Waals surface area (Å²) in [7, 11) is 1.66. The Hall–Kier alpha value is -3.75. The largest absolute Gasteiger partial charge is 0.318 e. The van der Waals surface area contributed by atoms with Crippen molar-refractivity contribution in [3.8, 4) is 0 Å². The quantitative estimate of drug-likeness (QED) is 0.322. The van der Waals surface area contributed by atoms with Crippen molar-refractivity contribution in [2.24, 2.45) is 9.98 Å². The third-order valence-electron chi connectivity index (χ3n) is 5.75. The predicted octanol–water partition coefficient (Wildman–Crippen LogP) is 4.54. The zero-order valence-electron chi connectivity index (χ0n) is 20.2. The van der Waals surface area contributed by atoms with Gasteiger partial charge in [0, 0.05) is 40.6 Å². The number of halogens is 3. The fourth-order valence-electron chi connectivity index (χ4n) is 4.05. The summed E-state index contributed by atoms with van der Waals surface area (Å²) in [6, 6.07) is 26.3. The van der Waals surface area contributed by atoms with Crippen LogP contribution in [-0.2, 0) is 0 Å². The second-order valence-electron chi connectivity index (χ2n) is 8.09. The second-order valence-corrected chi connectivity index (χ2v) is 8.53. The summed E-state index contributed by atoms with van der Waals surface area (Å²) < 4.78 is 1.80. The number of rotatable bonds is 1. The Morgan fingerprint density at radius 3 is 2.45 bits per heavy atom. The molecular weight excluding hydrogens is 545 g/mol. The molecule has 10 heteroatoms. The normalized spacial score (nSPS) is 13.4. The Morgan fingerprint density at radius 1 is 0.947 bits per heavy atom. The average molecular weight is 569 g/mol. The second kappa shape index (κ2) is 12.7. The van der Waals surface area contributed by atoms with Gasteiger partial charge in [0.15, 0.2) is 0 Å². The average Bonchev–Trinajstić information content (AvgIpc) is 3.24. The molecule has 0 unspecified atom stereocenters. The van der Waals surface area contributed by atoms with Gasteiger partial charge in [-0.1, -0.05) is 60.1 Å². The van der Waals surface area contributed by atoms with Crippen LogP contribution < -0.4 is 16.1 Å². The van der Waals surface area contributed by atoms with Crippen LogP contribution in [0, 0.1) is 0 Å². The van der Waals surface area contributed by atoms with E-state index in [1.54, 1.807) is 23.6 Å². The van der Waals surface area contributed by atoms with Crippen molar-refractivity contribution in [2.45, 2.75) is 0 Å². The molecule has 3 heterocycles. The highest BCUT2D eigenvalue weighted by atomic mass is 35.5. The fraction of sp³-hybridized carbons (Fsp3) is 0.0714. The number of para-hydroxylation sites is 1. The van der Waals surface area contributed by atoms with Crippen molar-refractivity contribution in [2.75, 3.05) is 13.6 Å². The molecule has 194 valence electrons. The summed E-state index contributed by atoms with van der Waals surface area (Å²) >= 11 is 6.12. The lowest BCUT2D eigenvalue weighted by Crippen LogP contribution is -2.31. The first-order chi connectivity index (χ1) is 17.5. The van der Waals surface area contributed by atoms with Crippen LogP contribution in [0.5, 0.6) is 0 Å². The standard InChI is InChI=1S/C16H14ClN3O.C12H8N2O.2ClH/c1-18-15-10-20(21)16(11-5-3-2-4-6-11)13-9-12(17)7-8-14(13)19-15;15-12-11-6-3-7-14(11)8-9-4-1-2-5-10(9)13-12;;/h2-9,21H,10H2,1H3;1-8H;2*1H. The van der Waals surface area contributed by atoms with E-state index in [0.717, 1.165) is 27.0 Å². The van der Waals surface area contributed by atoms with Crippen molar-refractivity contribution >= 4 is 64.4 Å². The Labute approximate surface area is 235 Å². The molecule has 5 aromatic rings. The van der Waals surface area contributed by atoms with Crippen molar-refractivity contribution in [3.05, 3.63) is 129 Å². The highest BCUT2D eigenvalue weighted by Gasteiger charge is 2.17. The van der Waals surface area contributed by atoms with Crippen molar-refractivity contribution in [1.29, 1.82) is 0 Å². The van der Waals surface area contributed by atoms with Gasteiger partial charge in [-0.15, -0.1) is 24.8 Å². The molecule has 0 amide bonds. The van der Waals surface area contributed by atoms with Crippen LogP contribution in [0.15, 0.2) is 112 Å². The lowest BCUT2D eigenvalue weighted by Gasteiger charge is -2.19. The molecule has 2 aromatic heterocycles. The maximum atomic E-state index is 11.7. The van der Waals surface area contributed by atoms with Gasteiger partial charge in [-0.25, -0.2) is 15.0 Å². The molecule has 3 aromatic carbocycles. The monoisotopic (exact) mass is 567 g/mol. The summed E-state index contributed by atoms with van der Waals surface area (Å²) in [6.45, 7) is 0.229. The van der Waals surface area contributed by atoms with E-state index < -0.39 is 0 Å². The maximum Gasteiger partial charge on any atom is 0.294 e. The number of aromatic nitrogens is 2. The van der Waals surface area contributed by atoms with Crippen LogP contribution in [-0.4, -0.2) is 39.1 Å². The lowest BCUT2D eigenvalue weighted by atomic mass is 10.1. The Morgan fingerprint density at radius 2 is 1.68 bits per heavy atom. The van der Waals surface area contributed by atoms with Gasteiger partial charge in [0.05, 0.1) is 16.6 Å². The van der Waals surface area contributed by atoms with Gasteiger partial charge in [-0.2, -0.15) is 0 Å². The minimum Gasteiger partial charge on any atom is -0.318 e. The molecule has 7 nitrogen and oxygen atoms in total. The molecule has 0 bridgehead atoms. The molecule has 38 heavy (non-hydrogen) atoms. The number of aliphatic imine (C=N–C) groups is 1. The summed E-state index contributed by atoms with van der Waals surface area (Å²) in [5, 5.41) is 14.7. The molecule has 0 radical (unpaired) electrons. The number of benzene rings is 3. The fourth-order valence-corrected chi connectivity index (χ4v) is 4.22. The first-order valence-electron chi connectivity index (χ1n) is 11.3. The van der Waals surface area contributed by atoms with Gasteiger partial charge >= 0.3 is 0 Å². The smallest absolute Gasteiger partial charge is 0.294 e. The first kappa shape index (κ1) is 28.8. The highest BCUT2D eigenvalue weighted by molar-refractivity contribution is 6.30. The van der Waals surface area contributed by atoms with E-state index >= 15 is 0 Å². The van der Waals surface area contributed by atoms with Crippen LogP contribution in [0.25, 0.3) is 22.1 Å². The van der Waals surface area contributed by atoms with Crippen molar-refractivity contribution in [3.63, 3.8) is 0 Å². The highest BCUT2D eigenvalue weighted by Crippen LogP contribution is 2.16. The van der Waals surface area contributed by atoms with Crippen LogP contribution in [0.1, 0.15) is 5.56 Å². The zero-order chi connectivity index (χ0) is 25.1. The van der Waals surface area contributed by atoms with Crippen molar-refractivity contribution in [1.82, 2.24) is 14.4 Å². The molecule has 0 saturated heterocycles. The summed E-state index contributed by atoms with van der Waals surface area (Å²) in [6.07, 6.45) is 3.77. The summed E-state index contributed by atoms with van der Waals surface area (Å²) in [4.78, 5) is 24.4. The number of hydrogen-bond acceptors (Lipinski definition) is 5. The minimum atomic E-state index is -0.193. The molecule has 1 aliphatic heterocycles. The molecule has 0 atom stereocenters. The van der Waals surface area contributed by atoms with Gasteiger partial charge in [0.25, 0.3) is 5.56 Å². The van der Waals surface area contributed by atoms with Crippen LogP contribution in [0.4, 0.5) is 0 Å². The Kier molecular flexibility index (Phi) is 9.61. The molecule has 1 N–H and O–H groups in total. The van der Waals surface area contributed by atoms with Gasteiger partial charge < -0.3 is 4.40 Å². The molecule has 0 aliphatic carbocycles. The predicted molar refractivity (Wildman–Crippen MR) is 157 cm³/mol.